The van der Waals surface area contributed by atoms with Crippen molar-refractivity contribution in [3.05, 3.63) is 48.0 Å². The van der Waals surface area contributed by atoms with Crippen LogP contribution in [0.4, 0.5) is 0 Å². The number of benzene rings is 1. The second-order valence-electron chi connectivity index (χ2n) is 4.43. The summed E-state index contributed by atoms with van der Waals surface area (Å²) in [6.45, 7) is 3.30. The van der Waals surface area contributed by atoms with E-state index in [1.807, 2.05) is 42.0 Å². The summed E-state index contributed by atoms with van der Waals surface area (Å²) >= 11 is 0. The van der Waals surface area contributed by atoms with Gasteiger partial charge in [-0.25, -0.2) is 4.98 Å². The number of imidazole rings is 1. The standard InChI is InChI=1S/C14H18N4O2/c1-11-16-6-7-18(11)8-9-20-13-4-2-12(3-5-13)10-14(15)17-19/h2-7,19H,8-10H2,1H3,(H2,15,17). The number of nitrogens with two attached hydrogens (primary N) is 1. The van der Waals surface area contributed by atoms with Crippen molar-refractivity contribution >= 4 is 5.84 Å². The van der Waals surface area contributed by atoms with Gasteiger partial charge in [0.05, 0.1) is 6.54 Å². The molecule has 0 unspecified atom stereocenters. The number of aromatic nitrogens is 2. The number of nitrogens with zero attached hydrogens (tertiary/aromatic N) is 3. The summed E-state index contributed by atoms with van der Waals surface area (Å²) in [7, 11) is 0. The molecule has 0 atom stereocenters. The fraction of sp³-hybridized carbons (Fsp3) is 0.286. The highest BCUT2D eigenvalue weighted by Crippen LogP contribution is 2.12. The molecule has 1 heterocycles. The number of amidine groups is 1. The average molecular weight is 274 g/mol. The first kappa shape index (κ1) is 13.9. The third-order valence-corrected chi connectivity index (χ3v) is 2.96. The molecule has 0 saturated heterocycles. The molecule has 0 radical (unpaired) electrons. The molecule has 0 amide bonds. The molecule has 0 aliphatic rings. The van der Waals surface area contributed by atoms with E-state index in [9.17, 15) is 0 Å². The van der Waals surface area contributed by atoms with Crippen LogP contribution in [0.1, 0.15) is 11.4 Å². The van der Waals surface area contributed by atoms with E-state index in [1.165, 1.54) is 0 Å². The third-order valence-electron chi connectivity index (χ3n) is 2.96. The quantitative estimate of drug-likeness (QED) is 0.362. The summed E-state index contributed by atoms with van der Waals surface area (Å²) in [5.41, 5.74) is 6.42. The molecule has 1 aromatic heterocycles. The van der Waals surface area contributed by atoms with Gasteiger partial charge in [0.25, 0.3) is 0 Å². The molecule has 0 spiro atoms. The molecule has 0 aliphatic carbocycles. The van der Waals surface area contributed by atoms with Gasteiger partial charge >= 0.3 is 0 Å². The van der Waals surface area contributed by atoms with E-state index in [2.05, 4.69) is 10.1 Å². The van der Waals surface area contributed by atoms with Crippen molar-refractivity contribution in [3.63, 3.8) is 0 Å². The molecule has 2 rings (SSSR count). The van der Waals surface area contributed by atoms with E-state index in [1.54, 1.807) is 6.20 Å². The van der Waals surface area contributed by atoms with Crippen molar-refractivity contribution in [2.24, 2.45) is 10.9 Å². The predicted octanol–water partition coefficient (Wildman–Crippen LogP) is 1.56. The summed E-state index contributed by atoms with van der Waals surface area (Å²) in [6.07, 6.45) is 4.13. The van der Waals surface area contributed by atoms with Gasteiger partial charge in [0.15, 0.2) is 0 Å². The van der Waals surface area contributed by atoms with Crippen LogP contribution in [-0.2, 0) is 13.0 Å². The van der Waals surface area contributed by atoms with Crippen LogP contribution < -0.4 is 10.5 Å². The zero-order valence-electron chi connectivity index (χ0n) is 11.4. The fourth-order valence-electron chi connectivity index (χ4n) is 1.85. The lowest BCUT2D eigenvalue weighted by molar-refractivity contribution is 0.297. The molecule has 1 aromatic carbocycles. The van der Waals surface area contributed by atoms with E-state index >= 15 is 0 Å². The Hall–Kier alpha value is -2.50. The van der Waals surface area contributed by atoms with Crippen molar-refractivity contribution in [1.29, 1.82) is 0 Å². The summed E-state index contributed by atoms with van der Waals surface area (Å²) in [5, 5.41) is 11.5. The Balaban J connectivity index is 1.83. The molecular formula is C14H18N4O2. The monoisotopic (exact) mass is 274 g/mol. The van der Waals surface area contributed by atoms with Crippen LogP contribution in [0.5, 0.6) is 5.75 Å². The number of oxime groups is 1. The predicted molar refractivity (Wildman–Crippen MR) is 76.0 cm³/mol. The molecule has 106 valence electrons. The van der Waals surface area contributed by atoms with Gasteiger partial charge in [-0.15, -0.1) is 0 Å². The first-order valence-electron chi connectivity index (χ1n) is 6.35. The SMILES string of the molecule is Cc1nccn1CCOc1ccc(CC(N)=NO)cc1. The van der Waals surface area contributed by atoms with Crippen LogP contribution in [0.2, 0.25) is 0 Å². The average Bonchev–Trinajstić information content (AvgIpc) is 2.86. The van der Waals surface area contributed by atoms with Gasteiger partial charge < -0.3 is 20.2 Å². The second-order valence-corrected chi connectivity index (χ2v) is 4.43. The maximum Gasteiger partial charge on any atom is 0.143 e. The van der Waals surface area contributed by atoms with E-state index in [0.717, 1.165) is 23.7 Å². The zero-order valence-corrected chi connectivity index (χ0v) is 11.4. The van der Waals surface area contributed by atoms with Crippen LogP contribution in [-0.4, -0.2) is 27.2 Å². The Labute approximate surface area is 117 Å². The van der Waals surface area contributed by atoms with Crippen molar-refractivity contribution in [2.45, 2.75) is 19.9 Å². The number of rotatable bonds is 6. The lowest BCUT2D eigenvalue weighted by Gasteiger charge is -2.08. The molecule has 6 nitrogen and oxygen atoms in total. The van der Waals surface area contributed by atoms with Gasteiger partial charge in [-0.2, -0.15) is 0 Å². The molecule has 0 saturated carbocycles. The Morgan fingerprint density at radius 3 is 2.75 bits per heavy atom. The maximum absolute atomic E-state index is 8.51. The maximum atomic E-state index is 8.51. The Kier molecular flexibility index (Phi) is 4.60. The Bertz CT molecular complexity index is 575. The van der Waals surface area contributed by atoms with Crippen molar-refractivity contribution in [2.75, 3.05) is 6.61 Å². The highest BCUT2D eigenvalue weighted by Gasteiger charge is 2.00. The first-order valence-corrected chi connectivity index (χ1v) is 6.35. The van der Waals surface area contributed by atoms with Crippen LogP contribution >= 0.6 is 0 Å². The molecule has 20 heavy (non-hydrogen) atoms. The molecule has 0 bridgehead atoms. The summed E-state index contributed by atoms with van der Waals surface area (Å²) in [5.74, 6) is 1.96. The Morgan fingerprint density at radius 2 is 2.15 bits per heavy atom. The van der Waals surface area contributed by atoms with Crippen molar-refractivity contribution < 1.29 is 9.94 Å². The molecule has 0 aliphatic heterocycles. The van der Waals surface area contributed by atoms with E-state index in [-0.39, 0.29) is 5.84 Å². The number of hydrogen-bond donors (Lipinski definition) is 2. The summed E-state index contributed by atoms with van der Waals surface area (Å²) < 4.78 is 7.70. The van der Waals surface area contributed by atoms with Crippen LogP contribution in [0.25, 0.3) is 0 Å². The van der Waals surface area contributed by atoms with Crippen molar-refractivity contribution in [3.8, 4) is 5.75 Å². The normalized spacial score (nSPS) is 11.6. The lowest BCUT2D eigenvalue weighted by atomic mass is 10.1. The molecule has 6 heteroatoms. The van der Waals surface area contributed by atoms with Gasteiger partial charge in [-0.3, -0.25) is 0 Å². The van der Waals surface area contributed by atoms with Gasteiger partial charge in [0.1, 0.15) is 24.0 Å². The van der Waals surface area contributed by atoms with E-state index in [4.69, 9.17) is 15.7 Å². The minimum atomic E-state index is 0.189. The highest BCUT2D eigenvalue weighted by atomic mass is 16.5. The van der Waals surface area contributed by atoms with Crippen molar-refractivity contribution in [1.82, 2.24) is 9.55 Å². The minimum Gasteiger partial charge on any atom is -0.492 e. The largest absolute Gasteiger partial charge is 0.492 e. The number of aryl methyl sites for hydroxylation is 1. The second kappa shape index (κ2) is 6.60. The minimum absolute atomic E-state index is 0.189. The third kappa shape index (κ3) is 3.74. The number of ether oxygens (including phenoxy) is 1. The lowest BCUT2D eigenvalue weighted by Crippen LogP contribution is -2.14. The van der Waals surface area contributed by atoms with Crippen LogP contribution in [0.3, 0.4) is 0 Å². The van der Waals surface area contributed by atoms with Gasteiger partial charge in [-0.1, -0.05) is 17.3 Å². The van der Waals surface area contributed by atoms with Gasteiger partial charge in [0.2, 0.25) is 0 Å². The molecule has 0 fully saturated rings. The highest BCUT2D eigenvalue weighted by molar-refractivity contribution is 5.82. The van der Waals surface area contributed by atoms with Gasteiger partial charge in [-0.05, 0) is 24.6 Å². The molecular weight excluding hydrogens is 256 g/mol. The topological polar surface area (TPSA) is 85.7 Å². The summed E-state index contributed by atoms with van der Waals surface area (Å²) in [6, 6.07) is 7.55. The zero-order chi connectivity index (χ0) is 14.4. The van der Waals surface area contributed by atoms with E-state index < -0.39 is 0 Å². The fourth-order valence-corrected chi connectivity index (χ4v) is 1.85. The summed E-state index contributed by atoms with van der Waals surface area (Å²) in [4.78, 5) is 4.15. The Morgan fingerprint density at radius 1 is 1.40 bits per heavy atom. The van der Waals surface area contributed by atoms with Crippen LogP contribution in [0, 0.1) is 6.92 Å². The van der Waals surface area contributed by atoms with Gasteiger partial charge in [0, 0.05) is 18.8 Å². The smallest absolute Gasteiger partial charge is 0.143 e. The van der Waals surface area contributed by atoms with E-state index in [0.29, 0.717) is 13.0 Å². The molecule has 3 N–H and O–H groups in total. The van der Waals surface area contributed by atoms with Crippen LogP contribution in [0.15, 0.2) is 41.8 Å². The number of hydrogen-bond acceptors (Lipinski definition) is 4. The molecule has 2 aromatic rings. The first-order chi connectivity index (χ1) is 9.69.